The number of aromatic nitrogens is 3. The summed E-state index contributed by atoms with van der Waals surface area (Å²) >= 11 is 0. The first-order valence-corrected chi connectivity index (χ1v) is 7.97. The van der Waals surface area contributed by atoms with E-state index in [1.165, 1.54) is 24.8 Å². The van der Waals surface area contributed by atoms with Gasteiger partial charge in [-0.05, 0) is 60.6 Å². The number of rotatable bonds is 2. The van der Waals surface area contributed by atoms with Crippen molar-refractivity contribution in [3.63, 3.8) is 0 Å². The third kappa shape index (κ3) is 1.74. The number of pyridine rings is 1. The Kier molecular flexibility index (Phi) is 2.49. The Hall–Kier alpha value is -1.58. The van der Waals surface area contributed by atoms with Crippen LogP contribution < -0.4 is 5.32 Å². The predicted molar refractivity (Wildman–Crippen MR) is 84.4 cm³/mol. The van der Waals surface area contributed by atoms with Gasteiger partial charge in [0.25, 0.3) is 0 Å². The summed E-state index contributed by atoms with van der Waals surface area (Å²) in [5.74, 6) is 1.92. The standard InChI is InChI=1S/C17H24N4/c1-11-7-13-18-10-19-21(13)14(8-11)20-15-16(2,3)12-5-6-17(15,4)9-12/h7-8,10,12,15,20H,5-6,9H2,1-4H3. The van der Waals surface area contributed by atoms with Crippen molar-refractivity contribution in [3.05, 3.63) is 24.0 Å². The average Bonchev–Trinajstić information content (AvgIpc) is 3.05. The third-order valence-corrected chi connectivity index (χ3v) is 6.09. The highest BCUT2D eigenvalue weighted by molar-refractivity contribution is 5.52. The van der Waals surface area contributed by atoms with Gasteiger partial charge in [-0.1, -0.05) is 20.8 Å². The van der Waals surface area contributed by atoms with E-state index in [0.717, 1.165) is 17.4 Å². The molecule has 2 aliphatic carbocycles. The van der Waals surface area contributed by atoms with Crippen molar-refractivity contribution in [3.8, 4) is 0 Å². The van der Waals surface area contributed by atoms with Gasteiger partial charge in [0.05, 0.1) is 0 Å². The molecular formula is C17H24N4. The molecule has 4 rings (SSSR count). The Bertz CT molecular complexity index is 697. The van der Waals surface area contributed by atoms with Crippen LogP contribution in [0, 0.1) is 23.7 Å². The van der Waals surface area contributed by atoms with Crippen molar-refractivity contribution < 1.29 is 0 Å². The zero-order valence-electron chi connectivity index (χ0n) is 13.3. The summed E-state index contributed by atoms with van der Waals surface area (Å²) in [6.45, 7) is 9.42. The van der Waals surface area contributed by atoms with Gasteiger partial charge >= 0.3 is 0 Å². The van der Waals surface area contributed by atoms with Crippen LogP contribution in [-0.2, 0) is 0 Å². The predicted octanol–water partition coefficient (Wildman–Crippen LogP) is 3.66. The van der Waals surface area contributed by atoms with Crippen LogP contribution in [0.5, 0.6) is 0 Å². The van der Waals surface area contributed by atoms with Gasteiger partial charge < -0.3 is 5.32 Å². The fraction of sp³-hybridized carbons (Fsp3) is 0.647. The van der Waals surface area contributed by atoms with Gasteiger partial charge in [-0.15, -0.1) is 0 Å². The minimum absolute atomic E-state index is 0.337. The van der Waals surface area contributed by atoms with E-state index in [1.807, 2.05) is 4.52 Å². The lowest BCUT2D eigenvalue weighted by atomic mass is 9.68. The van der Waals surface area contributed by atoms with Crippen LogP contribution in [0.2, 0.25) is 0 Å². The van der Waals surface area contributed by atoms with Crippen LogP contribution in [0.1, 0.15) is 45.6 Å². The zero-order valence-corrected chi connectivity index (χ0v) is 13.3. The second-order valence-electron chi connectivity index (χ2n) is 7.94. The Morgan fingerprint density at radius 2 is 2.10 bits per heavy atom. The molecule has 112 valence electrons. The summed E-state index contributed by atoms with van der Waals surface area (Å²) in [6, 6.07) is 4.76. The van der Waals surface area contributed by atoms with Crippen LogP contribution in [0.3, 0.4) is 0 Å². The summed E-state index contributed by atoms with van der Waals surface area (Å²) < 4.78 is 1.93. The minimum Gasteiger partial charge on any atom is -0.366 e. The zero-order chi connectivity index (χ0) is 14.8. The highest BCUT2D eigenvalue weighted by Crippen LogP contribution is 2.63. The van der Waals surface area contributed by atoms with E-state index < -0.39 is 0 Å². The van der Waals surface area contributed by atoms with Crippen molar-refractivity contribution in [1.29, 1.82) is 0 Å². The van der Waals surface area contributed by atoms with E-state index in [-0.39, 0.29) is 0 Å². The maximum atomic E-state index is 4.38. The van der Waals surface area contributed by atoms with Crippen LogP contribution in [0.15, 0.2) is 18.5 Å². The Balaban J connectivity index is 1.76. The quantitative estimate of drug-likeness (QED) is 0.915. The minimum atomic E-state index is 0.337. The Morgan fingerprint density at radius 3 is 2.81 bits per heavy atom. The molecule has 2 aliphatic rings. The summed E-state index contributed by atoms with van der Waals surface area (Å²) in [6.07, 6.45) is 5.71. The SMILES string of the molecule is Cc1cc(NC2C3(C)CCC(C3)C2(C)C)n2ncnc2c1. The number of hydrogen-bond acceptors (Lipinski definition) is 3. The molecule has 2 saturated carbocycles. The molecule has 2 aromatic rings. The topological polar surface area (TPSA) is 42.2 Å². The first-order chi connectivity index (χ1) is 9.90. The fourth-order valence-corrected chi connectivity index (χ4v) is 4.97. The Morgan fingerprint density at radius 1 is 1.29 bits per heavy atom. The van der Waals surface area contributed by atoms with Gasteiger partial charge in [-0.2, -0.15) is 9.61 Å². The number of nitrogens with zero attached hydrogens (tertiary/aromatic N) is 3. The molecule has 0 spiro atoms. The normalized spacial score (nSPS) is 33.7. The molecule has 2 aromatic heterocycles. The molecule has 0 amide bonds. The summed E-state index contributed by atoms with van der Waals surface area (Å²) in [5, 5.41) is 8.21. The van der Waals surface area contributed by atoms with Gasteiger partial charge in [-0.25, -0.2) is 4.98 Å². The molecule has 3 unspecified atom stereocenters. The van der Waals surface area contributed by atoms with Crippen LogP contribution >= 0.6 is 0 Å². The summed E-state index contributed by atoms with van der Waals surface area (Å²) in [7, 11) is 0. The van der Waals surface area contributed by atoms with Crippen molar-refractivity contribution in [2.45, 2.75) is 53.0 Å². The van der Waals surface area contributed by atoms with Crippen LogP contribution in [0.25, 0.3) is 5.65 Å². The molecule has 0 aromatic carbocycles. The van der Waals surface area contributed by atoms with E-state index in [1.54, 1.807) is 6.33 Å². The van der Waals surface area contributed by atoms with Crippen molar-refractivity contribution in [2.24, 2.45) is 16.7 Å². The smallest absolute Gasteiger partial charge is 0.157 e. The van der Waals surface area contributed by atoms with Crippen molar-refractivity contribution >= 4 is 11.5 Å². The maximum absolute atomic E-state index is 4.38. The van der Waals surface area contributed by atoms with Gasteiger partial charge in [0.1, 0.15) is 12.1 Å². The molecule has 2 fully saturated rings. The molecule has 0 saturated heterocycles. The molecule has 2 bridgehead atoms. The highest BCUT2D eigenvalue weighted by Gasteiger charge is 2.59. The lowest BCUT2D eigenvalue weighted by Gasteiger charge is -2.43. The number of aryl methyl sites for hydroxylation is 1. The van der Waals surface area contributed by atoms with E-state index in [0.29, 0.717) is 16.9 Å². The van der Waals surface area contributed by atoms with Crippen molar-refractivity contribution in [1.82, 2.24) is 14.6 Å². The number of hydrogen-bond donors (Lipinski definition) is 1. The molecule has 0 radical (unpaired) electrons. The molecule has 4 nitrogen and oxygen atoms in total. The average molecular weight is 284 g/mol. The highest BCUT2D eigenvalue weighted by atomic mass is 15.3. The summed E-state index contributed by atoms with van der Waals surface area (Å²) in [5.41, 5.74) is 2.89. The number of nitrogens with one attached hydrogen (secondary N) is 1. The van der Waals surface area contributed by atoms with Crippen LogP contribution in [-0.4, -0.2) is 20.6 Å². The second-order valence-corrected chi connectivity index (χ2v) is 7.94. The van der Waals surface area contributed by atoms with Gasteiger partial charge in [0.15, 0.2) is 5.65 Å². The van der Waals surface area contributed by atoms with E-state index in [2.05, 4.69) is 55.2 Å². The fourth-order valence-electron chi connectivity index (χ4n) is 4.97. The molecule has 21 heavy (non-hydrogen) atoms. The molecule has 3 atom stereocenters. The third-order valence-electron chi connectivity index (χ3n) is 6.09. The monoisotopic (exact) mass is 284 g/mol. The lowest BCUT2D eigenvalue weighted by Crippen LogP contribution is -2.46. The molecule has 4 heteroatoms. The molecule has 2 heterocycles. The van der Waals surface area contributed by atoms with E-state index in [9.17, 15) is 0 Å². The molecular weight excluding hydrogens is 260 g/mol. The first-order valence-electron chi connectivity index (χ1n) is 7.97. The first kappa shape index (κ1) is 13.1. The van der Waals surface area contributed by atoms with Crippen LogP contribution in [0.4, 0.5) is 5.82 Å². The van der Waals surface area contributed by atoms with Gasteiger partial charge in [0, 0.05) is 6.04 Å². The number of fused-ring (bicyclic) bond motifs is 3. The Labute approximate surface area is 126 Å². The summed E-state index contributed by atoms with van der Waals surface area (Å²) in [4.78, 5) is 4.33. The van der Waals surface area contributed by atoms with Gasteiger partial charge in [0.2, 0.25) is 0 Å². The van der Waals surface area contributed by atoms with E-state index in [4.69, 9.17) is 0 Å². The molecule has 1 N–H and O–H groups in total. The van der Waals surface area contributed by atoms with E-state index >= 15 is 0 Å². The maximum Gasteiger partial charge on any atom is 0.157 e. The lowest BCUT2D eigenvalue weighted by molar-refractivity contribution is 0.155. The second kappa shape index (κ2) is 3.99. The van der Waals surface area contributed by atoms with Gasteiger partial charge in [-0.3, -0.25) is 0 Å². The van der Waals surface area contributed by atoms with Crippen molar-refractivity contribution in [2.75, 3.05) is 5.32 Å². The number of anilines is 1. The molecule has 0 aliphatic heterocycles. The largest absolute Gasteiger partial charge is 0.366 e.